The second-order valence-electron chi connectivity index (χ2n) is 12.2. The molecular formula is C37H47ClN2O5. The average molecular weight is 635 g/mol. The molecule has 3 aromatic rings. The predicted molar refractivity (Wildman–Crippen MR) is 181 cm³/mol. The summed E-state index contributed by atoms with van der Waals surface area (Å²) in [6, 6.07) is 24.0. The Hall–Kier alpha value is -3.55. The van der Waals surface area contributed by atoms with E-state index in [-0.39, 0.29) is 12.0 Å². The van der Waals surface area contributed by atoms with Crippen LogP contribution in [0.3, 0.4) is 0 Å². The molecule has 3 aromatic carbocycles. The number of unbranched alkanes of at least 4 members (excludes halogenated alkanes) is 2. The quantitative estimate of drug-likeness (QED) is 0.138. The second kappa shape index (κ2) is 17.8. The van der Waals surface area contributed by atoms with Crippen LogP contribution in [0, 0.1) is 5.92 Å². The molecule has 7 nitrogen and oxygen atoms in total. The number of carboxylic acid groups (broad SMARTS) is 2. The summed E-state index contributed by atoms with van der Waals surface area (Å²) in [4.78, 5) is 27.3. The lowest BCUT2D eigenvalue weighted by molar-refractivity contribution is -0.137. The van der Waals surface area contributed by atoms with Crippen molar-refractivity contribution >= 4 is 29.2 Å². The van der Waals surface area contributed by atoms with Crippen molar-refractivity contribution in [2.24, 2.45) is 5.92 Å². The first-order valence-corrected chi connectivity index (χ1v) is 16.7. The standard InChI is InChI=1S/C37H47ClN2O5/c1-28-27-39(23-24-40(28)34-20-18-33(38)19-21-34)22-6-7-25-45-35-10-4-3-9-31(35)15-12-29(8-2-5-11-36(41)42)26-30-13-16-32(17-14-30)37(43)44/h3-4,9-10,13-14,16-21,28-29H,2,5-8,11-12,15,22-27H2,1H3,(H,41,42)(H,43,44). The Bertz CT molecular complexity index is 1350. The fourth-order valence-electron chi connectivity index (χ4n) is 6.26. The van der Waals surface area contributed by atoms with Gasteiger partial charge in [0.15, 0.2) is 0 Å². The molecule has 0 spiro atoms. The van der Waals surface area contributed by atoms with E-state index < -0.39 is 11.9 Å². The molecule has 1 saturated heterocycles. The summed E-state index contributed by atoms with van der Waals surface area (Å²) in [7, 11) is 0. The Kier molecular flexibility index (Phi) is 13.6. The Balaban J connectivity index is 1.22. The zero-order chi connectivity index (χ0) is 32.0. The summed E-state index contributed by atoms with van der Waals surface area (Å²) in [5, 5.41) is 19.0. The van der Waals surface area contributed by atoms with Crippen LogP contribution in [0.2, 0.25) is 5.02 Å². The molecule has 2 atom stereocenters. The Morgan fingerprint density at radius 2 is 1.67 bits per heavy atom. The van der Waals surface area contributed by atoms with E-state index in [4.69, 9.17) is 21.4 Å². The summed E-state index contributed by atoms with van der Waals surface area (Å²) in [6.45, 7) is 7.16. The van der Waals surface area contributed by atoms with E-state index in [1.54, 1.807) is 12.1 Å². The number of anilines is 1. The molecule has 0 aliphatic carbocycles. The molecule has 4 rings (SSSR count). The van der Waals surface area contributed by atoms with E-state index in [9.17, 15) is 14.7 Å². The van der Waals surface area contributed by atoms with Crippen LogP contribution < -0.4 is 9.64 Å². The number of ether oxygens (including phenoxy) is 1. The summed E-state index contributed by atoms with van der Waals surface area (Å²) in [5.74, 6) is -0.373. The molecule has 0 aromatic heterocycles. The van der Waals surface area contributed by atoms with Crippen LogP contribution in [0.15, 0.2) is 72.8 Å². The van der Waals surface area contributed by atoms with Gasteiger partial charge in [-0.2, -0.15) is 0 Å². The summed E-state index contributed by atoms with van der Waals surface area (Å²) < 4.78 is 6.28. The third-order valence-corrected chi connectivity index (χ3v) is 9.02. The number of benzene rings is 3. The largest absolute Gasteiger partial charge is 0.493 e. The highest BCUT2D eigenvalue weighted by molar-refractivity contribution is 6.30. The number of nitrogens with zero attached hydrogens (tertiary/aromatic N) is 2. The number of hydrogen-bond acceptors (Lipinski definition) is 5. The monoisotopic (exact) mass is 634 g/mol. The van der Waals surface area contributed by atoms with Gasteiger partial charge in [-0.3, -0.25) is 9.69 Å². The molecule has 0 saturated carbocycles. The van der Waals surface area contributed by atoms with E-state index in [0.717, 1.165) is 87.5 Å². The van der Waals surface area contributed by atoms with Gasteiger partial charge in [0.1, 0.15) is 5.75 Å². The van der Waals surface area contributed by atoms with Crippen LogP contribution in [0.5, 0.6) is 5.75 Å². The lowest BCUT2D eigenvalue weighted by Crippen LogP contribution is -2.52. The van der Waals surface area contributed by atoms with Crippen molar-refractivity contribution in [3.8, 4) is 5.75 Å². The number of rotatable bonds is 18. The van der Waals surface area contributed by atoms with Crippen LogP contribution in [-0.4, -0.2) is 65.9 Å². The highest BCUT2D eigenvalue weighted by Crippen LogP contribution is 2.27. The first-order valence-electron chi connectivity index (χ1n) is 16.3. The topological polar surface area (TPSA) is 90.3 Å². The maximum absolute atomic E-state index is 11.2. The average Bonchev–Trinajstić information content (AvgIpc) is 3.03. The normalized spacial score (nSPS) is 16.0. The first-order chi connectivity index (χ1) is 21.8. The first kappa shape index (κ1) is 34.3. The molecule has 1 heterocycles. The third kappa shape index (κ3) is 11.4. The molecule has 0 bridgehead atoms. The molecule has 1 aliphatic rings. The van der Waals surface area contributed by atoms with Crippen molar-refractivity contribution in [3.63, 3.8) is 0 Å². The van der Waals surface area contributed by atoms with Crippen molar-refractivity contribution in [1.82, 2.24) is 4.90 Å². The number of aliphatic carboxylic acids is 1. The van der Waals surface area contributed by atoms with Crippen LogP contribution in [0.4, 0.5) is 5.69 Å². The minimum absolute atomic E-state index is 0.190. The highest BCUT2D eigenvalue weighted by atomic mass is 35.5. The van der Waals surface area contributed by atoms with Gasteiger partial charge in [-0.05, 0) is 112 Å². The molecule has 242 valence electrons. The number of carbonyl (C=O) groups is 2. The molecule has 45 heavy (non-hydrogen) atoms. The lowest BCUT2D eigenvalue weighted by Gasteiger charge is -2.41. The summed E-state index contributed by atoms with van der Waals surface area (Å²) in [5.41, 5.74) is 3.82. The SMILES string of the molecule is CC1CN(CCCCOc2ccccc2CCC(CCCCC(=O)O)Cc2ccc(C(=O)O)cc2)CCN1c1ccc(Cl)cc1. The van der Waals surface area contributed by atoms with Gasteiger partial charge < -0.3 is 19.8 Å². The van der Waals surface area contributed by atoms with Gasteiger partial charge in [0.05, 0.1) is 12.2 Å². The second-order valence-corrected chi connectivity index (χ2v) is 12.7. The lowest BCUT2D eigenvalue weighted by atomic mass is 9.88. The summed E-state index contributed by atoms with van der Waals surface area (Å²) in [6.07, 6.45) is 7.41. The van der Waals surface area contributed by atoms with Crippen molar-refractivity contribution in [2.45, 2.75) is 70.8 Å². The number of aryl methyl sites for hydroxylation is 1. The third-order valence-electron chi connectivity index (χ3n) is 8.77. The van der Waals surface area contributed by atoms with Crippen molar-refractivity contribution in [2.75, 3.05) is 37.7 Å². The number of halogens is 1. The van der Waals surface area contributed by atoms with Gasteiger partial charge >= 0.3 is 11.9 Å². The zero-order valence-corrected chi connectivity index (χ0v) is 27.1. The number of hydrogen-bond donors (Lipinski definition) is 2. The van der Waals surface area contributed by atoms with Crippen LogP contribution in [0.1, 0.15) is 73.4 Å². The molecule has 1 aliphatic heterocycles. The van der Waals surface area contributed by atoms with Gasteiger partial charge in [-0.15, -0.1) is 0 Å². The van der Waals surface area contributed by atoms with Gasteiger partial charge in [-0.25, -0.2) is 4.79 Å². The predicted octanol–water partition coefficient (Wildman–Crippen LogP) is 7.84. The zero-order valence-electron chi connectivity index (χ0n) is 26.4. The van der Waals surface area contributed by atoms with Gasteiger partial charge in [0.2, 0.25) is 0 Å². The minimum atomic E-state index is -0.925. The Morgan fingerprint density at radius 3 is 2.38 bits per heavy atom. The molecule has 0 amide bonds. The molecule has 2 N–H and O–H groups in total. The van der Waals surface area contributed by atoms with Gasteiger partial charge in [0, 0.05) is 42.8 Å². The van der Waals surface area contributed by atoms with E-state index >= 15 is 0 Å². The van der Waals surface area contributed by atoms with E-state index in [1.807, 2.05) is 30.3 Å². The van der Waals surface area contributed by atoms with Crippen molar-refractivity contribution in [3.05, 3.63) is 94.5 Å². The van der Waals surface area contributed by atoms with Crippen LogP contribution in [-0.2, 0) is 17.6 Å². The molecular weight excluding hydrogens is 588 g/mol. The smallest absolute Gasteiger partial charge is 0.335 e. The molecule has 0 radical (unpaired) electrons. The highest BCUT2D eigenvalue weighted by Gasteiger charge is 2.23. The molecule has 8 heteroatoms. The maximum Gasteiger partial charge on any atom is 0.335 e. The molecule has 1 fully saturated rings. The fraction of sp³-hybridized carbons (Fsp3) is 0.459. The minimum Gasteiger partial charge on any atom is -0.493 e. The van der Waals surface area contributed by atoms with E-state index in [0.29, 0.717) is 25.0 Å². The molecule has 2 unspecified atom stereocenters. The van der Waals surface area contributed by atoms with Crippen LogP contribution in [0.25, 0.3) is 0 Å². The number of aromatic carboxylic acids is 1. The Morgan fingerprint density at radius 1 is 0.911 bits per heavy atom. The van der Waals surface area contributed by atoms with Crippen molar-refractivity contribution in [1.29, 1.82) is 0 Å². The fourth-order valence-corrected chi connectivity index (χ4v) is 6.38. The van der Waals surface area contributed by atoms with Crippen LogP contribution >= 0.6 is 11.6 Å². The maximum atomic E-state index is 11.2. The van der Waals surface area contributed by atoms with Crippen molar-refractivity contribution < 1.29 is 24.5 Å². The van der Waals surface area contributed by atoms with Gasteiger partial charge in [0.25, 0.3) is 0 Å². The van der Waals surface area contributed by atoms with E-state index in [1.165, 1.54) is 11.3 Å². The number of carboxylic acids is 2. The van der Waals surface area contributed by atoms with E-state index in [2.05, 4.69) is 47.1 Å². The number of piperazine rings is 1. The summed E-state index contributed by atoms with van der Waals surface area (Å²) >= 11 is 6.07. The Labute approximate surface area is 272 Å². The number of para-hydroxylation sites is 1. The van der Waals surface area contributed by atoms with Gasteiger partial charge in [-0.1, -0.05) is 54.8 Å².